The van der Waals surface area contributed by atoms with Crippen LogP contribution in [0.4, 0.5) is 5.69 Å². The van der Waals surface area contributed by atoms with Gasteiger partial charge in [-0.1, -0.05) is 50.2 Å². The number of methoxy groups -OCH3 is 1. The first kappa shape index (κ1) is 23.2. The number of carbonyl (C=O) groups excluding carboxylic acids is 2. The van der Waals surface area contributed by atoms with Gasteiger partial charge in [0, 0.05) is 11.1 Å². The Morgan fingerprint density at radius 1 is 1.00 bits per heavy atom. The van der Waals surface area contributed by atoms with Gasteiger partial charge in [-0.25, -0.2) is 0 Å². The molecule has 1 unspecified atom stereocenters. The lowest BCUT2D eigenvalue weighted by Crippen LogP contribution is -2.31. The molecule has 4 aromatic rings. The Hall–Kier alpha value is -4.52. The molecule has 1 aromatic heterocycles. The second kappa shape index (κ2) is 8.92. The fourth-order valence-corrected chi connectivity index (χ4v) is 4.58. The lowest BCUT2D eigenvalue weighted by Gasteiger charge is -2.27. The van der Waals surface area contributed by atoms with Crippen LogP contribution in [0.25, 0.3) is 11.0 Å². The van der Waals surface area contributed by atoms with Crippen molar-refractivity contribution in [1.29, 1.82) is 0 Å². The van der Waals surface area contributed by atoms with Crippen molar-refractivity contribution in [3.05, 3.63) is 101 Å². The maximum atomic E-state index is 13.8. The number of aliphatic hydroxyl groups excluding tert-OH is 1. The number of Topliss-reactive ketones (excluding diaryl/α,β-unsaturated/α-hetero) is 1. The number of para-hydroxylation sites is 1. The van der Waals surface area contributed by atoms with Crippen molar-refractivity contribution in [2.75, 3.05) is 12.0 Å². The second-order valence-electron chi connectivity index (χ2n) is 9.00. The Balaban J connectivity index is 1.64. The number of ether oxygens (including phenoxy) is 1. The number of aromatic hydroxyl groups is 1. The van der Waals surface area contributed by atoms with Gasteiger partial charge in [0.15, 0.2) is 22.9 Å². The zero-order valence-electron chi connectivity index (χ0n) is 20.1. The van der Waals surface area contributed by atoms with Crippen molar-refractivity contribution in [3.63, 3.8) is 0 Å². The third-order valence-electron chi connectivity index (χ3n) is 6.43. The highest BCUT2D eigenvalue weighted by Crippen LogP contribution is 2.43. The van der Waals surface area contributed by atoms with E-state index in [9.17, 15) is 19.8 Å². The monoisotopic (exact) mass is 483 g/mol. The van der Waals surface area contributed by atoms with Crippen LogP contribution in [0, 0.1) is 0 Å². The summed E-state index contributed by atoms with van der Waals surface area (Å²) in [5.41, 5.74) is 2.33. The number of hydrogen-bond donors (Lipinski definition) is 2. The molecule has 0 aliphatic carbocycles. The Kier molecular flexibility index (Phi) is 5.76. The van der Waals surface area contributed by atoms with Crippen LogP contribution in [0.2, 0.25) is 0 Å². The minimum atomic E-state index is -0.975. The number of furan rings is 1. The van der Waals surface area contributed by atoms with Gasteiger partial charge >= 0.3 is 0 Å². The van der Waals surface area contributed by atoms with Crippen molar-refractivity contribution in [1.82, 2.24) is 0 Å². The molecule has 0 spiro atoms. The maximum Gasteiger partial charge on any atom is 0.294 e. The Labute approximate surface area is 207 Å². The summed E-state index contributed by atoms with van der Waals surface area (Å²) in [4.78, 5) is 28.5. The number of amides is 1. The molecule has 2 N–H and O–H groups in total. The zero-order chi connectivity index (χ0) is 25.6. The van der Waals surface area contributed by atoms with Gasteiger partial charge in [0.25, 0.3) is 5.91 Å². The van der Waals surface area contributed by atoms with E-state index in [1.165, 1.54) is 24.1 Å². The summed E-state index contributed by atoms with van der Waals surface area (Å²) in [5, 5.41) is 21.8. The molecule has 182 valence electrons. The van der Waals surface area contributed by atoms with Gasteiger partial charge in [0.1, 0.15) is 5.75 Å². The van der Waals surface area contributed by atoms with E-state index in [-0.39, 0.29) is 17.1 Å². The van der Waals surface area contributed by atoms with Gasteiger partial charge < -0.3 is 19.4 Å². The zero-order valence-corrected chi connectivity index (χ0v) is 20.1. The van der Waals surface area contributed by atoms with Crippen LogP contribution in [0.1, 0.15) is 47.5 Å². The molecule has 0 radical (unpaired) electrons. The fourth-order valence-electron chi connectivity index (χ4n) is 4.58. The van der Waals surface area contributed by atoms with E-state index in [2.05, 4.69) is 13.8 Å². The van der Waals surface area contributed by atoms with Gasteiger partial charge in [0.2, 0.25) is 5.78 Å². The molecule has 0 fully saturated rings. The standard InChI is InChI=1S/C29H25NO6/c1-16(2)17-10-12-20(13-11-17)30-25(18-6-4-8-21(31)14-18)24(27(33)29(30)34)26(32)23-15-19-7-5-9-22(35-3)28(19)36-23/h4-16,25,31,33H,1-3H3. The molecule has 2 heterocycles. The smallest absolute Gasteiger partial charge is 0.294 e. The number of fused-ring (bicyclic) bond motifs is 1. The molecule has 1 aliphatic heterocycles. The predicted octanol–water partition coefficient (Wildman–Crippen LogP) is 6.05. The van der Waals surface area contributed by atoms with Crippen LogP contribution in [0.3, 0.4) is 0 Å². The van der Waals surface area contributed by atoms with E-state index in [4.69, 9.17) is 9.15 Å². The molecule has 0 saturated heterocycles. The summed E-state index contributed by atoms with van der Waals surface area (Å²) in [5.74, 6) is -1.31. The highest BCUT2D eigenvalue weighted by atomic mass is 16.5. The number of carbonyl (C=O) groups is 2. The SMILES string of the molecule is COc1cccc2cc(C(=O)C3=C(O)C(=O)N(c4ccc(C(C)C)cc4)C3c3cccc(O)c3)oc12. The first-order valence-corrected chi connectivity index (χ1v) is 11.6. The van der Waals surface area contributed by atoms with Crippen LogP contribution in [0.5, 0.6) is 11.5 Å². The largest absolute Gasteiger partial charge is 0.508 e. The molecule has 5 rings (SSSR count). The van der Waals surface area contributed by atoms with E-state index in [0.717, 1.165) is 5.56 Å². The van der Waals surface area contributed by atoms with Gasteiger partial charge in [-0.2, -0.15) is 0 Å². The molecule has 1 amide bonds. The number of phenols is 1. The highest BCUT2D eigenvalue weighted by Gasteiger charge is 2.45. The normalized spacial score (nSPS) is 15.8. The molecular formula is C29H25NO6. The lowest BCUT2D eigenvalue weighted by atomic mass is 9.94. The third kappa shape index (κ3) is 3.79. The third-order valence-corrected chi connectivity index (χ3v) is 6.43. The highest BCUT2D eigenvalue weighted by molar-refractivity contribution is 6.20. The quantitative estimate of drug-likeness (QED) is 0.324. The van der Waals surface area contributed by atoms with Crippen LogP contribution in [-0.4, -0.2) is 29.0 Å². The van der Waals surface area contributed by atoms with Crippen LogP contribution in [-0.2, 0) is 4.79 Å². The number of anilines is 1. The minimum Gasteiger partial charge on any atom is -0.508 e. The van der Waals surface area contributed by atoms with E-state index in [1.54, 1.807) is 48.5 Å². The number of ketones is 1. The number of benzene rings is 3. The van der Waals surface area contributed by atoms with E-state index >= 15 is 0 Å². The molecule has 7 heteroatoms. The number of nitrogens with zero attached hydrogens (tertiary/aromatic N) is 1. The topological polar surface area (TPSA) is 100 Å². The molecule has 1 aliphatic rings. The summed E-state index contributed by atoms with van der Waals surface area (Å²) < 4.78 is 11.2. The summed E-state index contributed by atoms with van der Waals surface area (Å²) in [7, 11) is 1.50. The number of hydrogen-bond acceptors (Lipinski definition) is 6. The summed E-state index contributed by atoms with van der Waals surface area (Å²) >= 11 is 0. The minimum absolute atomic E-state index is 0.0262. The second-order valence-corrected chi connectivity index (χ2v) is 9.00. The van der Waals surface area contributed by atoms with Gasteiger partial charge in [-0.3, -0.25) is 14.5 Å². The van der Waals surface area contributed by atoms with Crippen molar-refractivity contribution >= 4 is 28.3 Å². The maximum absolute atomic E-state index is 13.8. The number of rotatable bonds is 6. The predicted molar refractivity (Wildman–Crippen MR) is 136 cm³/mol. The first-order valence-electron chi connectivity index (χ1n) is 11.6. The lowest BCUT2D eigenvalue weighted by molar-refractivity contribution is -0.117. The van der Waals surface area contributed by atoms with Crippen molar-refractivity contribution in [2.24, 2.45) is 0 Å². The van der Waals surface area contributed by atoms with E-state index in [0.29, 0.717) is 33.9 Å². The van der Waals surface area contributed by atoms with Crippen molar-refractivity contribution < 1.29 is 29.0 Å². The first-order chi connectivity index (χ1) is 17.3. The molecule has 0 saturated carbocycles. The Morgan fingerprint density at radius 2 is 1.72 bits per heavy atom. The van der Waals surface area contributed by atoms with Crippen molar-refractivity contribution in [2.45, 2.75) is 25.8 Å². The number of phenolic OH excluding ortho intramolecular Hbond substituents is 1. The fraction of sp³-hybridized carbons (Fsp3) is 0.172. The van der Waals surface area contributed by atoms with Crippen LogP contribution >= 0.6 is 0 Å². The molecule has 7 nitrogen and oxygen atoms in total. The van der Waals surface area contributed by atoms with Crippen LogP contribution < -0.4 is 9.64 Å². The van der Waals surface area contributed by atoms with E-state index in [1.807, 2.05) is 12.1 Å². The molecule has 3 aromatic carbocycles. The Bertz CT molecular complexity index is 1510. The Morgan fingerprint density at radius 3 is 2.39 bits per heavy atom. The van der Waals surface area contributed by atoms with E-state index < -0.39 is 23.5 Å². The molecule has 1 atom stereocenters. The summed E-state index contributed by atoms with van der Waals surface area (Å²) in [6.45, 7) is 4.14. The van der Waals surface area contributed by atoms with Gasteiger partial charge in [-0.05, 0) is 53.4 Å². The molecule has 36 heavy (non-hydrogen) atoms. The summed E-state index contributed by atoms with van der Waals surface area (Å²) in [6, 6.07) is 19.5. The van der Waals surface area contributed by atoms with Crippen LogP contribution in [0.15, 0.2) is 88.5 Å². The summed E-state index contributed by atoms with van der Waals surface area (Å²) in [6.07, 6.45) is 0. The van der Waals surface area contributed by atoms with Gasteiger partial charge in [0.05, 0.1) is 18.7 Å². The van der Waals surface area contributed by atoms with Gasteiger partial charge in [-0.15, -0.1) is 0 Å². The number of aliphatic hydroxyl groups is 1. The average molecular weight is 484 g/mol. The van der Waals surface area contributed by atoms with Crippen molar-refractivity contribution in [3.8, 4) is 11.5 Å². The molecular weight excluding hydrogens is 458 g/mol. The average Bonchev–Trinajstić information content (AvgIpc) is 3.43. The molecule has 0 bridgehead atoms.